The van der Waals surface area contributed by atoms with Crippen LogP contribution in [-0.4, -0.2) is 9.97 Å². The second-order valence-corrected chi connectivity index (χ2v) is 6.50. The van der Waals surface area contributed by atoms with E-state index < -0.39 is 0 Å². The summed E-state index contributed by atoms with van der Waals surface area (Å²) in [6.07, 6.45) is 7.86. The van der Waals surface area contributed by atoms with Gasteiger partial charge in [0.25, 0.3) is 0 Å². The molecule has 2 nitrogen and oxygen atoms in total. The van der Waals surface area contributed by atoms with Crippen LogP contribution < -0.4 is 0 Å². The molecule has 0 unspecified atom stereocenters. The Morgan fingerprint density at radius 2 is 1.71 bits per heavy atom. The molecule has 1 aliphatic rings. The molecule has 0 radical (unpaired) electrons. The van der Waals surface area contributed by atoms with Crippen LogP contribution in [0.4, 0.5) is 0 Å². The van der Waals surface area contributed by atoms with Crippen molar-refractivity contribution in [1.82, 2.24) is 9.97 Å². The topological polar surface area (TPSA) is 25.8 Å². The molecule has 0 saturated heterocycles. The van der Waals surface area contributed by atoms with Gasteiger partial charge in [-0.25, -0.2) is 9.97 Å². The van der Waals surface area contributed by atoms with E-state index in [1.54, 1.807) is 0 Å². The molecular weight excluding hydrogens is 344 g/mol. The van der Waals surface area contributed by atoms with Crippen molar-refractivity contribution in [1.29, 1.82) is 0 Å². The smallest absolute Gasteiger partial charge is 0.134 e. The van der Waals surface area contributed by atoms with E-state index in [1.807, 2.05) is 6.07 Å². The molecule has 2 rings (SSSR count). The molecule has 1 fully saturated rings. The van der Waals surface area contributed by atoms with Gasteiger partial charge in [0, 0.05) is 12.0 Å². The third-order valence-corrected chi connectivity index (χ3v) is 4.40. The molecule has 0 N–H and O–H groups in total. The zero-order chi connectivity index (χ0) is 12.3. The van der Waals surface area contributed by atoms with Gasteiger partial charge in [0.1, 0.15) is 15.0 Å². The average molecular weight is 362 g/mol. The number of nitrogens with zero attached hydrogens (tertiary/aromatic N) is 2. The van der Waals surface area contributed by atoms with E-state index in [0.717, 1.165) is 20.9 Å². The molecule has 0 bridgehead atoms. The van der Waals surface area contributed by atoms with Gasteiger partial charge in [-0.2, -0.15) is 0 Å². The van der Waals surface area contributed by atoms with Crippen LogP contribution in [0.25, 0.3) is 0 Å². The monoisotopic (exact) mass is 360 g/mol. The van der Waals surface area contributed by atoms with Crippen molar-refractivity contribution in [3.05, 3.63) is 21.1 Å². The number of hydrogen-bond donors (Lipinski definition) is 0. The second kappa shape index (κ2) is 6.28. The van der Waals surface area contributed by atoms with Crippen LogP contribution in [0.15, 0.2) is 15.3 Å². The van der Waals surface area contributed by atoms with Crippen molar-refractivity contribution in [2.45, 2.75) is 51.4 Å². The zero-order valence-electron chi connectivity index (χ0n) is 10.1. The first-order chi connectivity index (χ1) is 8.19. The summed E-state index contributed by atoms with van der Waals surface area (Å²) in [6.45, 7) is 2.28. The van der Waals surface area contributed by atoms with E-state index in [1.165, 1.54) is 38.5 Å². The highest BCUT2D eigenvalue weighted by atomic mass is 79.9. The van der Waals surface area contributed by atoms with E-state index in [-0.39, 0.29) is 0 Å². The molecule has 17 heavy (non-hydrogen) atoms. The van der Waals surface area contributed by atoms with E-state index in [2.05, 4.69) is 48.8 Å². The maximum Gasteiger partial charge on any atom is 0.134 e. The van der Waals surface area contributed by atoms with Gasteiger partial charge >= 0.3 is 0 Å². The normalized spacial score (nSPS) is 24.9. The van der Waals surface area contributed by atoms with Crippen molar-refractivity contribution in [2.75, 3.05) is 0 Å². The summed E-state index contributed by atoms with van der Waals surface area (Å²) in [5.41, 5.74) is 0. The van der Waals surface area contributed by atoms with Gasteiger partial charge in [0.05, 0.1) is 0 Å². The molecule has 0 aromatic carbocycles. The highest BCUT2D eigenvalue weighted by Crippen LogP contribution is 2.36. The average Bonchev–Trinajstić information content (AvgIpc) is 2.29. The fraction of sp³-hybridized carbons (Fsp3) is 0.692. The molecule has 94 valence electrons. The Kier molecular flexibility index (Phi) is 4.97. The minimum atomic E-state index is 0.553. The number of hydrogen-bond acceptors (Lipinski definition) is 2. The molecule has 4 heteroatoms. The molecule has 1 heterocycles. The molecule has 0 spiro atoms. The number of rotatable bonds is 3. The quantitative estimate of drug-likeness (QED) is 0.702. The van der Waals surface area contributed by atoms with Crippen molar-refractivity contribution in [3.63, 3.8) is 0 Å². The summed E-state index contributed by atoms with van der Waals surface area (Å²) >= 11 is 6.87. The predicted molar refractivity (Wildman–Crippen MR) is 77.0 cm³/mol. The van der Waals surface area contributed by atoms with Gasteiger partial charge in [-0.1, -0.05) is 19.8 Å². The lowest BCUT2D eigenvalue weighted by atomic mass is 9.80. The predicted octanol–water partition coefficient (Wildman–Crippen LogP) is 5.08. The number of aromatic nitrogens is 2. The van der Waals surface area contributed by atoms with Crippen molar-refractivity contribution < 1.29 is 0 Å². The first kappa shape index (κ1) is 13.5. The Balaban J connectivity index is 2.00. The van der Waals surface area contributed by atoms with Gasteiger partial charge < -0.3 is 0 Å². The number of halogens is 2. The van der Waals surface area contributed by atoms with Gasteiger partial charge in [-0.05, 0) is 63.5 Å². The fourth-order valence-electron chi connectivity index (χ4n) is 2.71. The summed E-state index contributed by atoms with van der Waals surface area (Å²) in [6, 6.07) is 1.90. The van der Waals surface area contributed by atoms with Crippen LogP contribution in [0, 0.1) is 5.92 Å². The Bertz CT molecular complexity index is 353. The summed E-state index contributed by atoms with van der Waals surface area (Å²) in [7, 11) is 0. The minimum Gasteiger partial charge on any atom is -0.226 e. The van der Waals surface area contributed by atoms with Crippen LogP contribution >= 0.6 is 31.9 Å². The third kappa shape index (κ3) is 3.75. The Labute approximate surface area is 120 Å². The summed E-state index contributed by atoms with van der Waals surface area (Å²) in [5, 5.41) is 0. The SMILES string of the molecule is CCCC1CCC(c2nc(Br)cc(Br)n2)CC1. The van der Waals surface area contributed by atoms with Gasteiger partial charge in [0.15, 0.2) is 0 Å². The molecular formula is C13H18Br2N2. The van der Waals surface area contributed by atoms with E-state index in [4.69, 9.17) is 0 Å². The van der Waals surface area contributed by atoms with E-state index in [9.17, 15) is 0 Å². The first-order valence-electron chi connectivity index (χ1n) is 6.39. The lowest BCUT2D eigenvalue weighted by Gasteiger charge is -2.27. The maximum atomic E-state index is 4.50. The highest BCUT2D eigenvalue weighted by Gasteiger charge is 2.24. The van der Waals surface area contributed by atoms with Crippen LogP contribution in [0.5, 0.6) is 0 Å². The van der Waals surface area contributed by atoms with Crippen molar-refractivity contribution in [2.24, 2.45) is 5.92 Å². The Morgan fingerprint density at radius 1 is 1.12 bits per heavy atom. The second-order valence-electron chi connectivity index (χ2n) is 4.88. The molecule has 1 aromatic rings. The summed E-state index contributed by atoms with van der Waals surface area (Å²) in [4.78, 5) is 9.01. The lowest BCUT2D eigenvalue weighted by Crippen LogP contribution is -2.15. The van der Waals surface area contributed by atoms with Crippen LogP contribution in [-0.2, 0) is 0 Å². The van der Waals surface area contributed by atoms with E-state index in [0.29, 0.717) is 5.92 Å². The van der Waals surface area contributed by atoms with Gasteiger partial charge in [0.2, 0.25) is 0 Å². The molecule has 0 amide bonds. The largest absolute Gasteiger partial charge is 0.226 e. The first-order valence-corrected chi connectivity index (χ1v) is 7.97. The zero-order valence-corrected chi connectivity index (χ0v) is 13.3. The van der Waals surface area contributed by atoms with Crippen molar-refractivity contribution >= 4 is 31.9 Å². The molecule has 1 aliphatic carbocycles. The summed E-state index contributed by atoms with van der Waals surface area (Å²) in [5.74, 6) is 2.49. The fourth-order valence-corrected chi connectivity index (χ4v) is 3.81. The standard InChI is InChI=1S/C13H18Br2N2/c1-2-3-9-4-6-10(7-5-9)13-16-11(14)8-12(15)17-13/h8-10H,2-7H2,1H3. The van der Waals surface area contributed by atoms with Crippen molar-refractivity contribution in [3.8, 4) is 0 Å². The molecule has 1 aromatic heterocycles. The van der Waals surface area contributed by atoms with Gasteiger partial charge in [-0.15, -0.1) is 0 Å². The highest BCUT2D eigenvalue weighted by molar-refractivity contribution is 9.11. The molecule has 0 aliphatic heterocycles. The molecule has 1 saturated carbocycles. The van der Waals surface area contributed by atoms with E-state index >= 15 is 0 Å². The Hall–Kier alpha value is 0.0400. The van der Waals surface area contributed by atoms with Crippen LogP contribution in [0.2, 0.25) is 0 Å². The van der Waals surface area contributed by atoms with Gasteiger partial charge in [-0.3, -0.25) is 0 Å². The van der Waals surface area contributed by atoms with Crippen LogP contribution in [0.1, 0.15) is 57.2 Å². The van der Waals surface area contributed by atoms with Crippen LogP contribution in [0.3, 0.4) is 0 Å². The summed E-state index contributed by atoms with van der Waals surface area (Å²) < 4.78 is 1.76. The maximum absolute atomic E-state index is 4.50. The minimum absolute atomic E-state index is 0.553. The Morgan fingerprint density at radius 3 is 2.24 bits per heavy atom. The third-order valence-electron chi connectivity index (χ3n) is 3.59. The lowest BCUT2D eigenvalue weighted by molar-refractivity contribution is 0.302. The molecule has 0 atom stereocenters.